The number of nitrogens with zero attached hydrogens (tertiary/aromatic N) is 1. The maximum atomic E-state index is 11.7. The predicted octanol–water partition coefficient (Wildman–Crippen LogP) is 0.522. The van der Waals surface area contributed by atoms with E-state index in [4.69, 9.17) is 0 Å². The Morgan fingerprint density at radius 1 is 1.33 bits per heavy atom. The fourth-order valence-corrected chi connectivity index (χ4v) is 2.54. The van der Waals surface area contributed by atoms with Gasteiger partial charge in [-0.05, 0) is 18.8 Å². The van der Waals surface area contributed by atoms with Gasteiger partial charge in [0.1, 0.15) is 0 Å². The van der Waals surface area contributed by atoms with Crippen LogP contribution in [0, 0.1) is 5.92 Å². The predicted molar refractivity (Wildman–Crippen MR) is 56.1 cm³/mol. The van der Waals surface area contributed by atoms with Crippen LogP contribution in [0.5, 0.6) is 0 Å². The fraction of sp³-hybridized carbons (Fsp3) is 0.818. The summed E-state index contributed by atoms with van der Waals surface area (Å²) in [5, 5.41) is 3.33. The normalized spacial score (nSPS) is 36.7. The molecular weight excluding hydrogens is 192 g/mol. The highest BCUT2D eigenvalue weighted by atomic mass is 16.2. The number of hydrogen-bond donors (Lipinski definition) is 1. The summed E-state index contributed by atoms with van der Waals surface area (Å²) in [6, 6.07) is 0.145. The molecule has 1 saturated heterocycles. The van der Waals surface area contributed by atoms with Crippen molar-refractivity contribution in [3.63, 3.8) is 0 Å². The summed E-state index contributed by atoms with van der Waals surface area (Å²) in [4.78, 5) is 24.2. The molecule has 1 aliphatic carbocycles. The second kappa shape index (κ2) is 3.93. The molecule has 2 amide bonds. The van der Waals surface area contributed by atoms with Crippen LogP contribution in [0.3, 0.4) is 0 Å². The van der Waals surface area contributed by atoms with E-state index >= 15 is 0 Å². The van der Waals surface area contributed by atoms with Crippen LogP contribution < -0.4 is 5.32 Å². The van der Waals surface area contributed by atoms with E-state index in [0.717, 1.165) is 6.42 Å². The molecule has 4 heteroatoms. The summed E-state index contributed by atoms with van der Waals surface area (Å²) in [6.07, 6.45) is 3.91. The molecule has 1 N–H and O–H groups in total. The Balaban J connectivity index is 1.95. The van der Waals surface area contributed by atoms with Crippen molar-refractivity contribution in [1.29, 1.82) is 0 Å². The van der Waals surface area contributed by atoms with E-state index in [1.54, 1.807) is 7.05 Å². The van der Waals surface area contributed by atoms with Gasteiger partial charge in [-0.15, -0.1) is 0 Å². The highest BCUT2D eigenvalue weighted by molar-refractivity contribution is 6.05. The van der Waals surface area contributed by atoms with Crippen LogP contribution in [0.15, 0.2) is 0 Å². The van der Waals surface area contributed by atoms with Crippen molar-refractivity contribution in [2.75, 3.05) is 7.05 Å². The lowest BCUT2D eigenvalue weighted by Gasteiger charge is -2.20. The van der Waals surface area contributed by atoms with Gasteiger partial charge in [-0.3, -0.25) is 14.5 Å². The zero-order valence-corrected chi connectivity index (χ0v) is 9.32. The van der Waals surface area contributed by atoms with Crippen molar-refractivity contribution in [3.05, 3.63) is 0 Å². The zero-order chi connectivity index (χ0) is 11.0. The van der Waals surface area contributed by atoms with Gasteiger partial charge in [0.15, 0.2) is 0 Å². The first-order chi connectivity index (χ1) is 7.09. The average Bonchev–Trinajstić information content (AvgIpc) is 2.69. The maximum Gasteiger partial charge on any atom is 0.246 e. The van der Waals surface area contributed by atoms with Crippen molar-refractivity contribution in [1.82, 2.24) is 10.2 Å². The van der Waals surface area contributed by atoms with E-state index < -0.39 is 0 Å². The van der Waals surface area contributed by atoms with Gasteiger partial charge in [-0.25, -0.2) is 0 Å². The van der Waals surface area contributed by atoms with Crippen molar-refractivity contribution in [2.24, 2.45) is 5.92 Å². The number of carbonyl (C=O) groups is 2. The van der Waals surface area contributed by atoms with Crippen LogP contribution in [-0.2, 0) is 9.59 Å². The third kappa shape index (κ3) is 1.91. The standard InChI is InChI=1S/C11H18N2O2/c1-7-4-3-5-8(7)12-9-6-10(14)13(2)11(9)15/h7-9,12H,3-6H2,1-2H3. The summed E-state index contributed by atoms with van der Waals surface area (Å²) in [5.41, 5.74) is 0. The van der Waals surface area contributed by atoms with E-state index in [0.29, 0.717) is 18.4 Å². The quantitative estimate of drug-likeness (QED) is 0.676. The molecule has 2 aliphatic rings. The molecular formula is C11H18N2O2. The highest BCUT2D eigenvalue weighted by Gasteiger charge is 2.38. The molecule has 0 aromatic carbocycles. The van der Waals surface area contributed by atoms with Gasteiger partial charge in [0.2, 0.25) is 11.8 Å². The van der Waals surface area contributed by atoms with Gasteiger partial charge in [0, 0.05) is 13.1 Å². The van der Waals surface area contributed by atoms with Gasteiger partial charge in [0.05, 0.1) is 12.5 Å². The Labute approximate surface area is 90.0 Å². The molecule has 0 spiro atoms. The molecule has 2 fully saturated rings. The number of likely N-dealkylation sites (tertiary alicyclic amines) is 1. The van der Waals surface area contributed by atoms with Gasteiger partial charge >= 0.3 is 0 Å². The van der Waals surface area contributed by atoms with E-state index in [2.05, 4.69) is 12.2 Å². The van der Waals surface area contributed by atoms with Gasteiger partial charge in [-0.2, -0.15) is 0 Å². The van der Waals surface area contributed by atoms with Gasteiger partial charge in [0.25, 0.3) is 0 Å². The molecule has 15 heavy (non-hydrogen) atoms. The topological polar surface area (TPSA) is 49.4 Å². The van der Waals surface area contributed by atoms with Crippen molar-refractivity contribution in [3.8, 4) is 0 Å². The average molecular weight is 210 g/mol. The van der Waals surface area contributed by atoms with Crippen LogP contribution in [0.2, 0.25) is 0 Å². The highest BCUT2D eigenvalue weighted by Crippen LogP contribution is 2.26. The molecule has 4 nitrogen and oxygen atoms in total. The zero-order valence-electron chi connectivity index (χ0n) is 9.32. The lowest BCUT2D eigenvalue weighted by molar-refractivity contribution is -0.137. The van der Waals surface area contributed by atoms with E-state index in [1.165, 1.54) is 17.7 Å². The Hall–Kier alpha value is -0.900. The molecule has 1 heterocycles. The van der Waals surface area contributed by atoms with Crippen LogP contribution in [0.1, 0.15) is 32.6 Å². The number of likely N-dealkylation sites (N-methyl/N-ethyl adjacent to an activating group) is 1. The monoisotopic (exact) mass is 210 g/mol. The summed E-state index contributed by atoms with van der Waals surface area (Å²) in [6.45, 7) is 2.20. The molecule has 1 aliphatic heterocycles. The number of rotatable bonds is 2. The van der Waals surface area contributed by atoms with Crippen LogP contribution in [0.4, 0.5) is 0 Å². The summed E-state index contributed by atoms with van der Waals surface area (Å²) in [7, 11) is 1.56. The lowest BCUT2D eigenvalue weighted by Crippen LogP contribution is -2.44. The Kier molecular flexibility index (Phi) is 2.78. The summed E-state index contributed by atoms with van der Waals surface area (Å²) >= 11 is 0. The fourth-order valence-electron chi connectivity index (χ4n) is 2.54. The van der Waals surface area contributed by atoms with E-state index in [1.807, 2.05) is 0 Å². The Bertz CT molecular complexity index is 290. The second-order valence-corrected chi connectivity index (χ2v) is 4.73. The van der Waals surface area contributed by atoms with Gasteiger partial charge in [-0.1, -0.05) is 13.3 Å². The molecule has 84 valence electrons. The number of hydrogen-bond acceptors (Lipinski definition) is 3. The van der Waals surface area contributed by atoms with Crippen molar-refractivity contribution in [2.45, 2.75) is 44.7 Å². The summed E-state index contributed by atoms with van der Waals surface area (Å²) < 4.78 is 0. The first kappa shape index (κ1) is 10.6. The summed E-state index contributed by atoms with van der Waals surface area (Å²) in [5.74, 6) is 0.487. The number of nitrogens with one attached hydrogen (secondary N) is 1. The molecule has 0 radical (unpaired) electrons. The maximum absolute atomic E-state index is 11.7. The smallest absolute Gasteiger partial charge is 0.246 e. The van der Waals surface area contributed by atoms with Crippen molar-refractivity contribution < 1.29 is 9.59 Å². The third-order valence-electron chi connectivity index (χ3n) is 3.66. The van der Waals surface area contributed by atoms with Crippen LogP contribution >= 0.6 is 0 Å². The number of carbonyl (C=O) groups excluding carboxylic acids is 2. The molecule has 2 rings (SSSR count). The first-order valence-corrected chi connectivity index (χ1v) is 5.66. The SMILES string of the molecule is CC1CCCC1NC1CC(=O)N(C)C1=O. The van der Waals surface area contributed by atoms with Crippen molar-refractivity contribution >= 4 is 11.8 Å². The molecule has 3 atom stereocenters. The van der Waals surface area contributed by atoms with E-state index in [-0.39, 0.29) is 17.9 Å². The third-order valence-corrected chi connectivity index (χ3v) is 3.66. The lowest BCUT2D eigenvalue weighted by atomic mass is 10.1. The number of imide groups is 1. The molecule has 3 unspecified atom stereocenters. The van der Waals surface area contributed by atoms with Crippen LogP contribution in [0.25, 0.3) is 0 Å². The minimum absolute atomic E-state index is 0.0665. The van der Waals surface area contributed by atoms with E-state index in [9.17, 15) is 9.59 Å². The van der Waals surface area contributed by atoms with Gasteiger partial charge < -0.3 is 5.32 Å². The Morgan fingerprint density at radius 3 is 2.53 bits per heavy atom. The molecule has 1 saturated carbocycles. The largest absolute Gasteiger partial charge is 0.302 e. The van der Waals surface area contributed by atoms with Crippen LogP contribution in [-0.4, -0.2) is 35.8 Å². The minimum Gasteiger partial charge on any atom is -0.302 e. The first-order valence-electron chi connectivity index (χ1n) is 5.66. The molecule has 0 bridgehead atoms. The molecule has 0 aromatic rings. The molecule has 0 aromatic heterocycles. The number of amides is 2. The minimum atomic E-state index is -0.270. The second-order valence-electron chi connectivity index (χ2n) is 4.73. The Morgan fingerprint density at radius 2 is 2.07 bits per heavy atom.